The van der Waals surface area contributed by atoms with E-state index in [4.69, 9.17) is 0 Å². The molecule has 0 saturated carbocycles. The molecule has 3 heteroatoms. The molecular formula is C9H11NO2. The summed E-state index contributed by atoms with van der Waals surface area (Å²) in [5.41, 5.74) is 1.54. The predicted octanol–water partition coefficient (Wildman–Crippen LogP) is 1.18. The first kappa shape index (κ1) is 8.59. The van der Waals surface area contributed by atoms with Crippen molar-refractivity contribution in [3.63, 3.8) is 0 Å². The van der Waals surface area contributed by atoms with Crippen LogP contribution in [0.25, 0.3) is 0 Å². The van der Waals surface area contributed by atoms with Gasteiger partial charge >= 0.3 is 0 Å². The lowest BCUT2D eigenvalue weighted by molar-refractivity contribution is -0.107. The van der Waals surface area contributed by atoms with Crippen LogP contribution in [0.5, 0.6) is 5.75 Å². The van der Waals surface area contributed by atoms with Crippen molar-refractivity contribution in [2.75, 3.05) is 12.4 Å². The van der Waals surface area contributed by atoms with Crippen LogP contribution in [0.1, 0.15) is 5.56 Å². The third kappa shape index (κ3) is 1.75. The van der Waals surface area contributed by atoms with Gasteiger partial charge in [0.1, 0.15) is 12.0 Å². The van der Waals surface area contributed by atoms with E-state index in [1.807, 2.05) is 0 Å². The van der Waals surface area contributed by atoms with Crippen LogP contribution in [0, 0.1) is 0 Å². The van der Waals surface area contributed by atoms with Gasteiger partial charge in [0.15, 0.2) is 0 Å². The zero-order chi connectivity index (χ0) is 8.97. The van der Waals surface area contributed by atoms with E-state index in [0.29, 0.717) is 12.1 Å². The Bertz CT molecular complexity index is 284. The molecule has 2 N–H and O–H groups in total. The van der Waals surface area contributed by atoms with Crippen molar-refractivity contribution >= 4 is 12.0 Å². The number of rotatable bonds is 3. The van der Waals surface area contributed by atoms with E-state index in [-0.39, 0.29) is 5.75 Å². The largest absolute Gasteiger partial charge is 0.506 e. The Morgan fingerprint density at radius 2 is 2.33 bits per heavy atom. The van der Waals surface area contributed by atoms with Gasteiger partial charge in [-0.3, -0.25) is 0 Å². The molecule has 0 fully saturated rings. The number of benzene rings is 1. The summed E-state index contributed by atoms with van der Waals surface area (Å²) in [6.07, 6.45) is 1.22. The number of carbonyl (C=O) groups is 1. The number of aromatic hydroxyl groups is 1. The second-order valence-electron chi connectivity index (χ2n) is 2.47. The van der Waals surface area contributed by atoms with Gasteiger partial charge in [0.2, 0.25) is 0 Å². The van der Waals surface area contributed by atoms with Crippen molar-refractivity contribution in [1.29, 1.82) is 0 Å². The topological polar surface area (TPSA) is 49.3 Å². The lowest BCUT2D eigenvalue weighted by Gasteiger charge is -2.04. The predicted molar refractivity (Wildman–Crippen MR) is 47.4 cm³/mol. The van der Waals surface area contributed by atoms with Crippen molar-refractivity contribution < 1.29 is 9.90 Å². The quantitative estimate of drug-likeness (QED) is 0.522. The molecule has 0 radical (unpaired) electrons. The molecule has 0 saturated heterocycles. The molecule has 0 atom stereocenters. The highest BCUT2D eigenvalue weighted by molar-refractivity contribution is 5.61. The van der Waals surface area contributed by atoms with E-state index in [2.05, 4.69) is 5.32 Å². The number of nitrogens with one attached hydrogen (secondary N) is 1. The lowest BCUT2D eigenvalue weighted by atomic mass is 10.1. The summed E-state index contributed by atoms with van der Waals surface area (Å²) in [6.45, 7) is 0. The first-order valence-electron chi connectivity index (χ1n) is 3.71. The molecule has 64 valence electrons. The molecule has 0 aromatic heterocycles. The Labute approximate surface area is 71.0 Å². The number of phenolic OH excluding ortho intramolecular Hbond substituents is 1. The van der Waals surface area contributed by atoms with Crippen molar-refractivity contribution in [2.24, 2.45) is 0 Å². The first-order valence-corrected chi connectivity index (χ1v) is 3.71. The summed E-state index contributed by atoms with van der Waals surface area (Å²) in [5.74, 6) is 0.201. The Kier molecular flexibility index (Phi) is 2.69. The molecule has 0 aliphatic rings. The summed E-state index contributed by atoms with van der Waals surface area (Å²) < 4.78 is 0. The minimum absolute atomic E-state index is 0.201. The number of carbonyl (C=O) groups excluding carboxylic acids is 1. The maximum atomic E-state index is 10.2. The Morgan fingerprint density at radius 3 is 2.92 bits per heavy atom. The first-order chi connectivity index (χ1) is 5.77. The summed E-state index contributed by atoms with van der Waals surface area (Å²) in [7, 11) is 1.72. The maximum absolute atomic E-state index is 10.2. The molecule has 12 heavy (non-hydrogen) atoms. The Morgan fingerprint density at radius 1 is 1.58 bits per heavy atom. The van der Waals surface area contributed by atoms with E-state index < -0.39 is 0 Å². The van der Waals surface area contributed by atoms with Crippen LogP contribution in [0.3, 0.4) is 0 Å². The van der Waals surface area contributed by atoms with Gasteiger partial charge in [-0.25, -0.2) is 0 Å². The third-order valence-corrected chi connectivity index (χ3v) is 1.65. The highest BCUT2D eigenvalue weighted by atomic mass is 16.3. The molecule has 0 amide bonds. The van der Waals surface area contributed by atoms with E-state index in [9.17, 15) is 9.90 Å². The second-order valence-corrected chi connectivity index (χ2v) is 2.47. The van der Waals surface area contributed by atoms with Gasteiger partial charge < -0.3 is 15.2 Å². The summed E-state index contributed by atoms with van der Waals surface area (Å²) in [5, 5.41) is 12.1. The van der Waals surface area contributed by atoms with E-state index in [1.54, 1.807) is 25.2 Å². The fourth-order valence-electron chi connectivity index (χ4n) is 1.01. The SMILES string of the molecule is CNc1cc(CC=O)ccc1O. The molecule has 1 aromatic carbocycles. The summed E-state index contributed by atoms with van der Waals surface area (Å²) in [4.78, 5) is 10.2. The van der Waals surface area contributed by atoms with Crippen LogP contribution in [0.15, 0.2) is 18.2 Å². The molecule has 0 bridgehead atoms. The average molecular weight is 165 g/mol. The van der Waals surface area contributed by atoms with Crippen molar-refractivity contribution in [3.05, 3.63) is 23.8 Å². The number of hydrogen-bond acceptors (Lipinski definition) is 3. The zero-order valence-electron chi connectivity index (χ0n) is 6.87. The highest BCUT2D eigenvalue weighted by Gasteiger charge is 1.99. The fraction of sp³-hybridized carbons (Fsp3) is 0.222. The molecule has 1 aromatic rings. The molecule has 1 rings (SSSR count). The van der Waals surface area contributed by atoms with E-state index in [0.717, 1.165) is 11.8 Å². The van der Waals surface area contributed by atoms with Crippen molar-refractivity contribution in [1.82, 2.24) is 0 Å². The zero-order valence-corrected chi connectivity index (χ0v) is 6.87. The van der Waals surface area contributed by atoms with Crippen LogP contribution in [0.2, 0.25) is 0 Å². The number of phenols is 1. The van der Waals surface area contributed by atoms with Gasteiger partial charge in [0.25, 0.3) is 0 Å². The average Bonchev–Trinajstić information content (AvgIpc) is 2.09. The molecule has 0 unspecified atom stereocenters. The molecular weight excluding hydrogens is 154 g/mol. The van der Waals surface area contributed by atoms with Gasteiger partial charge in [-0.05, 0) is 17.7 Å². The minimum atomic E-state index is 0.201. The maximum Gasteiger partial charge on any atom is 0.138 e. The smallest absolute Gasteiger partial charge is 0.138 e. The molecule has 0 heterocycles. The van der Waals surface area contributed by atoms with Gasteiger partial charge in [0.05, 0.1) is 5.69 Å². The molecule has 0 aliphatic carbocycles. The van der Waals surface area contributed by atoms with Gasteiger partial charge in [-0.2, -0.15) is 0 Å². The van der Waals surface area contributed by atoms with E-state index in [1.165, 1.54) is 0 Å². The summed E-state index contributed by atoms with van der Waals surface area (Å²) in [6, 6.07) is 5.05. The van der Waals surface area contributed by atoms with Crippen molar-refractivity contribution in [3.8, 4) is 5.75 Å². The van der Waals surface area contributed by atoms with E-state index >= 15 is 0 Å². The van der Waals surface area contributed by atoms with Crippen LogP contribution < -0.4 is 5.32 Å². The van der Waals surface area contributed by atoms with Crippen LogP contribution in [0.4, 0.5) is 5.69 Å². The Hall–Kier alpha value is -1.51. The lowest BCUT2D eigenvalue weighted by Crippen LogP contribution is -1.91. The standard InChI is InChI=1S/C9H11NO2/c1-10-8-6-7(4-5-11)2-3-9(8)12/h2-3,5-6,10,12H,4H2,1H3. The van der Waals surface area contributed by atoms with Crippen molar-refractivity contribution in [2.45, 2.75) is 6.42 Å². The monoisotopic (exact) mass is 165 g/mol. The van der Waals surface area contributed by atoms with Gasteiger partial charge in [-0.15, -0.1) is 0 Å². The molecule has 0 aliphatic heterocycles. The normalized spacial score (nSPS) is 9.42. The Balaban J connectivity index is 2.96. The molecule has 3 nitrogen and oxygen atoms in total. The minimum Gasteiger partial charge on any atom is -0.506 e. The fourth-order valence-corrected chi connectivity index (χ4v) is 1.01. The highest BCUT2D eigenvalue weighted by Crippen LogP contribution is 2.23. The third-order valence-electron chi connectivity index (χ3n) is 1.65. The number of aldehydes is 1. The van der Waals surface area contributed by atoms with Crippen LogP contribution in [-0.2, 0) is 11.2 Å². The molecule has 0 spiro atoms. The summed E-state index contributed by atoms with van der Waals surface area (Å²) >= 11 is 0. The van der Waals surface area contributed by atoms with Gasteiger partial charge in [0, 0.05) is 13.5 Å². The van der Waals surface area contributed by atoms with Crippen LogP contribution >= 0.6 is 0 Å². The van der Waals surface area contributed by atoms with Gasteiger partial charge in [-0.1, -0.05) is 6.07 Å². The second kappa shape index (κ2) is 3.76. The number of hydrogen-bond donors (Lipinski definition) is 2. The van der Waals surface area contributed by atoms with Crippen LogP contribution in [-0.4, -0.2) is 18.4 Å². The number of anilines is 1.